The zero-order valence-corrected chi connectivity index (χ0v) is 14.3. The van der Waals surface area contributed by atoms with Crippen molar-refractivity contribution in [2.24, 2.45) is 0 Å². The van der Waals surface area contributed by atoms with Gasteiger partial charge in [-0.15, -0.1) is 0 Å². The Kier molecular flexibility index (Phi) is 4.23. The fourth-order valence-corrected chi connectivity index (χ4v) is 4.50. The van der Waals surface area contributed by atoms with Crippen molar-refractivity contribution in [2.45, 2.75) is 44.2 Å². The van der Waals surface area contributed by atoms with Crippen LogP contribution in [0, 0.1) is 0 Å². The maximum Gasteiger partial charge on any atom is 0.227 e. The van der Waals surface area contributed by atoms with Crippen molar-refractivity contribution < 1.29 is 4.79 Å². The van der Waals surface area contributed by atoms with Crippen LogP contribution >= 0.6 is 0 Å². The molecule has 0 spiro atoms. The average Bonchev–Trinajstić information content (AvgIpc) is 3.23. The van der Waals surface area contributed by atoms with Gasteiger partial charge in [0, 0.05) is 30.2 Å². The van der Waals surface area contributed by atoms with Crippen LogP contribution in [0.4, 0.5) is 0 Å². The Morgan fingerprint density at radius 1 is 1.12 bits per heavy atom. The minimum atomic E-state index is 0.260. The van der Waals surface area contributed by atoms with Crippen LogP contribution in [0.3, 0.4) is 0 Å². The van der Waals surface area contributed by atoms with Crippen LogP contribution in [0.5, 0.6) is 0 Å². The van der Waals surface area contributed by atoms with Gasteiger partial charge in [0.05, 0.1) is 11.9 Å². The van der Waals surface area contributed by atoms with Crippen molar-refractivity contribution in [1.82, 2.24) is 14.8 Å². The van der Waals surface area contributed by atoms with Crippen LogP contribution in [0.2, 0.25) is 0 Å². The quantitative estimate of drug-likeness (QED) is 0.871. The number of likely N-dealkylation sites (tertiary alicyclic amines) is 2. The van der Waals surface area contributed by atoms with Gasteiger partial charge in [-0.05, 0) is 50.9 Å². The lowest BCUT2D eigenvalue weighted by Crippen LogP contribution is -2.47. The first-order chi connectivity index (χ1) is 11.7. The van der Waals surface area contributed by atoms with Gasteiger partial charge in [0.1, 0.15) is 0 Å². The van der Waals surface area contributed by atoms with Gasteiger partial charge >= 0.3 is 0 Å². The summed E-state index contributed by atoms with van der Waals surface area (Å²) in [5, 5.41) is 1.11. The van der Waals surface area contributed by atoms with Crippen molar-refractivity contribution in [3.8, 4) is 0 Å². The number of likely N-dealkylation sites (N-methyl/N-ethyl adjacent to an activating group) is 1. The van der Waals surface area contributed by atoms with Gasteiger partial charge in [-0.3, -0.25) is 9.78 Å². The minimum absolute atomic E-state index is 0.260. The van der Waals surface area contributed by atoms with Gasteiger partial charge in [0.2, 0.25) is 5.91 Å². The predicted octanol–water partition coefficient (Wildman–Crippen LogP) is 2.86. The van der Waals surface area contributed by atoms with Gasteiger partial charge in [-0.1, -0.05) is 24.3 Å². The normalized spacial score (nSPS) is 24.8. The molecule has 2 aliphatic heterocycles. The zero-order chi connectivity index (χ0) is 16.5. The van der Waals surface area contributed by atoms with Crippen LogP contribution in [-0.2, 0) is 11.2 Å². The number of nitrogens with zero attached hydrogens (tertiary/aromatic N) is 3. The van der Waals surface area contributed by atoms with E-state index < -0.39 is 0 Å². The van der Waals surface area contributed by atoms with Crippen molar-refractivity contribution >= 4 is 16.8 Å². The van der Waals surface area contributed by atoms with Crippen LogP contribution < -0.4 is 0 Å². The van der Waals surface area contributed by atoms with Crippen LogP contribution in [0.15, 0.2) is 36.5 Å². The molecule has 126 valence electrons. The smallest absolute Gasteiger partial charge is 0.227 e. The molecule has 1 aromatic carbocycles. The maximum absolute atomic E-state index is 13.0. The number of fused-ring (bicyclic) bond motifs is 1. The first-order valence-corrected chi connectivity index (χ1v) is 9.06. The van der Waals surface area contributed by atoms with E-state index in [1.807, 2.05) is 24.4 Å². The predicted molar refractivity (Wildman–Crippen MR) is 95.8 cm³/mol. The molecule has 0 aliphatic carbocycles. The van der Waals surface area contributed by atoms with Gasteiger partial charge in [0.15, 0.2) is 0 Å². The van der Waals surface area contributed by atoms with Crippen molar-refractivity contribution in [1.29, 1.82) is 0 Å². The van der Waals surface area contributed by atoms with Crippen molar-refractivity contribution in [2.75, 3.05) is 20.1 Å². The Morgan fingerprint density at radius 3 is 2.75 bits per heavy atom. The third-order valence-electron chi connectivity index (χ3n) is 5.70. The Hall–Kier alpha value is -1.94. The Morgan fingerprint density at radius 2 is 1.92 bits per heavy atom. The molecule has 24 heavy (non-hydrogen) atoms. The lowest BCUT2D eigenvalue weighted by atomic mass is 10.0. The second kappa shape index (κ2) is 6.52. The monoisotopic (exact) mass is 323 g/mol. The van der Waals surface area contributed by atoms with Crippen LogP contribution in [0.25, 0.3) is 10.9 Å². The Balaban J connectivity index is 1.54. The van der Waals surface area contributed by atoms with Crippen LogP contribution in [-0.4, -0.2) is 52.9 Å². The highest BCUT2D eigenvalue weighted by Gasteiger charge is 2.38. The maximum atomic E-state index is 13.0. The fraction of sp³-hybridized carbons (Fsp3) is 0.500. The Bertz CT molecular complexity index is 739. The average molecular weight is 323 g/mol. The summed E-state index contributed by atoms with van der Waals surface area (Å²) in [7, 11) is 2.20. The van der Waals surface area contributed by atoms with E-state index >= 15 is 0 Å². The molecular weight excluding hydrogens is 298 g/mol. The third kappa shape index (κ3) is 2.80. The molecule has 0 radical (unpaired) electrons. The summed E-state index contributed by atoms with van der Waals surface area (Å²) in [5.74, 6) is 0.260. The summed E-state index contributed by atoms with van der Waals surface area (Å²) in [6, 6.07) is 11.1. The van der Waals surface area contributed by atoms with Gasteiger partial charge in [-0.2, -0.15) is 0 Å². The summed E-state index contributed by atoms with van der Waals surface area (Å²) in [4.78, 5) is 22.1. The molecule has 1 aromatic heterocycles. The molecule has 0 N–H and O–H groups in total. The van der Waals surface area contributed by atoms with E-state index in [9.17, 15) is 4.79 Å². The van der Waals surface area contributed by atoms with E-state index in [-0.39, 0.29) is 5.91 Å². The van der Waals surface area contributed by atoms with E-state index in [0.29, 0.717) is 18.5 Å². The number of carbonyl (C=O) groups is 1. The number of para-hydroxylation sites is 1. The molecule has 4 heteroatoms. The van der Waals surface area contributed by atoms with Crippen molar-refractivity contribution in [3.05, 3.63) is 42.1 Å². The van der Waals surface area contributed by atoms with Crippen LogP contribution in [0.1, 0.15) is 31.2 Å². The second-order valence-corrected chi connectivity index (χ2v) is 7.16. The number of carbonyl (C=O) groups excluding carboxylic acids is 1. The largest absolute Gasteiger partial charge is 0.338 e. The molecule has 3 heterocycles. The lowest BCUT2D eigenvalue weighted by Gasteiger charge is -2.33. The molecule has 2 aliphatic rings. The van der Waals surface area contributed by atoms with Crippen molar-refractivity contribution in [3.63, 3.8) is 0 Å². The van der Waals surface area contributed by atoms with E-state index in [4.69, 9.17) is 0 Å². The summed E-state index contributed by atoms with van der Waals surface area (Å²) >= 11 is 0. The number of amides is 1. The number of aromatic nitrogens is 1. The summed E-state index contributed by atoms with van der Waals surface area (Å²) in [6.45, 7) is 2.07. The van der Waals surface area contributed by atoms with E-state index in [1.54, 1.807) is 0 Å². The molecule has 4 nitrogen and oxygen atoms in total. The molecule has 2 aromatic rings. The van der Waals surface area contributed by atoms with Gasteiger partial charge in [-0.25, -0.2) is 0 Å². The van der Waals surface area contributed by atoms with Gasteiger partial charge < -0.3 is 9.80 Å². The number of rotatable bonds is 3. The number of pyridine rings is 1. The lowest BCUT2D eigenvalue weighted by molar-refractivity contribution is -0.132. The minimum Gasteiger partial charge on any atom is -0.338 e. The summed E-state index contributed by atoms with van der Waals surface area (Å²) in [6.07, 6.45) is 7.03. The third-order valence-corrected chi connectivity index (χ3v) is 5.70. The highest BCUT2D eigenvalue weighted by Crippen LogP contribution is 2.29. The number of hydrogen-bond donors (Lipinski definition) is 0. The van der Waals surface area contributed by atoms with E-state index in [2.05, 4.69) is 34.0 Å². The summed E-state index contributed by atoms with van der Waals surface area (Å²) < 4.78 is 0. The molecule has 2 saturated heterocycles. The standard InChI is InChI=1S/C20H25N3O/c1-22-12-4-9-17(22)18-10-5-13-23(18)19(24)14-16-7-2-6-15-8-3-11-21-20(15)16/h2-3,6-8,11,17-18H,4-5,9-10,12-14H2,1H3. The first-order valence-electron chi connectivity index (χ1n) is 9.06. The second-order valence-electron chi connectivity index (χ2n) is 7.16. The molecular formula is C20H25N3O. The molecule has 4 rings (SSSR count). The first kappa shape index (κ1) is 15.6. The number of benzene rings is 1. The Labute approximate surface area is 143 Å². The SMILES string of the molecule is CN1CCCC1C1CCCN1C(=O)Cc1cccc2cccnc12. The highest BCUT2D eigenvalue weighted by molar-refractivity contribution is 5.87. The van der Waals surface area contributed by atoms with Gasteiger partial charge in [0.25, 0.3) is 0 Å². The molecule has 2 fully saturated rings. The summed E-state index contributed by atoms with van der Waals surface area (Å²) in [5.41, 5.74) is 2.01. The highest BCUT2D eigenvalue weighted by atomic mass is 16.2. The topological polar surface area (TPSA) is 36.4 Å². The molecule has 0 bridgehead atoms. The van der Waals surface area contributed by atoms with E-state index in [0.717, 1.165) is 42.4 Å². The molecule has 0 saturated carbocycles. The fourth-order valence-electron chi connectivity index (χ4n) is 4.50. The molecule has 2 unspecified atom stereocenters. The zero-order valence-electron chi connectivity index (χ0n) is 14.3. The molecule has 2 atom stereocenters. The van der Waals surface area contributed by atoms with E-state index in [1.165, 1.54) is 12.8 Å². The molecule has 1 amide bonds. The number of hydrogen-bond acceptors (Lipinski definition) is 3.